The Hall–Kier alpha value is -1.87. The number of benzene rings is 1. The number of rotatable bonds is 3. The first-order chi connectivity index (χ1) is 8.24. The molecule has 4 heteroatoms. The van der Waals surface area contributed by atoms with Crippen molar-refractivity contribution in [2.45, 2.75) is 0 Å². The average Bonchev–Trinajstić information content (AvgIpc) is 2.39. The van der Waals surface area contributed by atoms with Gasteiger partial charge in [-0.3, -0.25) is 4.79 Å². The average molecular weight is 248 g/mol. The van der Waals surface area contributed by atoms with Crippen LogP contribution in [0.1, 0.15) is 10.4 Å². The fourth-order valence-electron chi connectivity index (χ4n) is 1.47. The van der Waals surface area contributed by atoms with Crippen LogP contribution in [-0.4, -0.2) is 18.4 Å². The van der Waals surface area contributed by atoms with E-state index in [9.17, 15) is 4.79 Å². The van der Waals surface area contributed by atoms with Crippen LogP contribution in [0, 0.1) is 0 Å². The zero-order valence-corrected chi connectivity index (χ0v) is 9.94. The van der Waals surface area contributed by atoms with Gasteiger partial charge in [0.15, 0.2) is 6.29 Å². The van der Waals surface area contributed by atoms with Crippen LogP contribution in [0.5, 0.6) is 5.88 Å². The Kier molecular flexibility index (Phi) is 3.40. The van der Waals surface area contributed by atoms with Crippen LogP contribution >= 0.6 is 11.6 Å². The third-order valence-corrected chi connectivity index (χ3v) is 2.73. The van der Waals surface area contributed by atoms with Gasteiger partial charge in [0, 0.05) is 23.4 Å². The highest BCUT2D eigenvalue weighted by Crippen LogP contribution is 2.25. The van der Waals surface area contributed by atoms with Gasteiger partial charge in [0.2, 0.25) is 5.88 Å². The summed E-state index contributed by atoms with van der Waals surface area (Å²) in [7, 11) is 1.57. The van der Waals surface area contributed by atoms with E-state index in [1.54, 1.807) is 31.5 Å². The standard InChI is InChI=1S/C13H10ClNO2/c1-17-13-5-4-10(7-15-13)9-2-3-11(8-16)12(14)6-9/h2-8H,1H3. The number of halogens is 1. The Morgan fingerprint density at radius 2 is 2.00 bits per heavy atom. The second kappa shape index (κ2) is 4.97. The number of pyridine rings is 1. The van der Waals surface area contributed by atoms with E-state index in [1.807, 2.05) is 12.1 Å². The van der Waals surface area contributed by atoms with Crippen LogP contribution in [0.25, 0.3) is 11.1 Å². The van der Waals surface area contributed by atoms with Crippen molar-refractivity contribution in [3.63, 3.8) is 0 Å². The Morgan fingerprint density at radius 3 is 2.53 bits per heavy atom. The summed E-state index contributed by atoms with van der Waals surface area (Å²) in [5.41, 5.74) is 2.32. The Morgan fingerprint density at radius 1 is 1.24 bits per heavy atom. The fraction of sp³-hybridized carbons (Fsp3) is 0.0769. The summed E-state index contributed by atoms with van der Waals surface area (Å²) in [5.74, 6) is 0.560. The summed E-state index contributed by atoms with van der Waals surface area (Å²) in [6.45, 7) is 0. The predicted molar refractivity (Wildman–Crippen MR) is 66.6 cm³/mol. The maximum atomic E-state index is 10.6. The summed E-state index contributed by atoms with van der Waals surface area (Å²) in [4.78, 5) is 14.8. The van der Waals surface area contributed by atoms with Crippen molar-refractivity contribution in [2.24, 2.45) is 0 Å². The van der Waals surface area contributed by atoms with Gasteiger partial charge in [-0.25, -0.2) is 4.98 Å². The number of aldehydes is 1. The minimum absolute atomic E-state index is 0.438. The molecule has 1 aromatic heterocycles. The molecule has 0 amide bonds. The van der Waals surface area contributed by atoms with E-state index in [4.69, 9.17) is 16.3 Å². The van der Waals surface area contributed by atoms with Crippen molar-refractivity contribution in [3.05, 3.63) is 47.1 Å². The predicted octanol–water partition coefficient (Wildman–Crippen LogP) is 3.22. The normalized spacial score (nSPS) is 10.0. The third kappa shape index (κ3) is 2.45. The molecule has 2 aromatic rings. The van der Waals surface area contributed by atoms with E-state index in [-0.39, 0.29) is 0 Å². The van der Waals surface area contributed by atoms with E-state index >= 15 is 0 Å². The molecule has 0 aliphatic carbocycles. The van der Waals surface area contributed by atoms with Crippen LogP contribution in [0.15, 0.2) is 36.5 Å². The van der Waals surface area contributed by atoms with Crippen molar-refractivity contribution in [1.82, 2.24) is 4.98 Å². The minimum atomic E-state index is 0.438. The lowest BCUT2D eigenvalue weighted by Crippen LogP contribution is -1.88. The van der Waals surface area contributed by atoms with Crippen molar-refractivity contribution >= 4 is 17.9 Å². The number of ether oxygens (including phenoxy) is 1. The lowest BCUT2D eigenvalue weighted by atomic mass is 10.1. The van der Waals surface area contributed by atoms with Crippen LogP contribution < -0.4 is 4.74 Å². The largest absolute Gasteiger partial charge is 0.481 e. The monoisotopic (exact) mass is 247 g/mol. The number of methoxy groups -OCH3 is 1. The van der Waals surface area contributed by atoms with Crippen molar-refractivity contribution in [2.75, 3.05) is 7.11 Å². The minimum Gasteiger partial charge on any atom is -0.481 e. The van der Waals surface area contributed by atoms with Gasteiger partial charge in [-0.1, -0.05) is 17.7 Å². The molecule has 0 aliphatic rings. The molecule has 0 saturated carbocycles. The van der Waals surface area contributed by atoms with Gasteiger partial charge in [0.25, 0.3) is 0 Å². The Bertz CT molecular complexity index is 538. The molecule has 0 bridgehead atoms. The van der Waals surface area contributed by atoms with Crippen molar-refractivity contribution < 1.29 is 9.53 Å². The highest BCUT2D eigenvalue weighted by Gasteiger charge is 2.03. The molecular weight excluding hydrogens is 238 g/mol. The van der Waals surface area contributed by atoms with E-state index in [0.717, 1.165) is 17.4 Å². The number of aromatic nitrogens is 1. The maximum Gasteiger partial charge on any atom is 0.212 e. The lowest BCUT2D eigenvalue weighted by Gasteiger charge is -2.04. The molecule has 0 fully saturated rings. The van der Waals surface area contributed by atoms with Gasteiger partial charge in [-0.15, -0.1) is 0 Å². The number of nitrogens with zero attached hydrogens (tertiary/aromatic N) is 1. The zero-order chi connectivity index (χ0) is 12.3. The second-order valence-corrected chi connectivity index (χ2v) is 3.85. The first kappa shape index (κ1) is 11.6. The smallest absolute Gasteiger partial charge is 0.212 e. The molecule has 2 rings (SSSR count). The molecule has 1 aromatic carbocycles. The first-order valence-corrected chi connectivity index (χ1v) is 5.37. The van der Waals surface area contributed by atoms with E-state index in [1.165, 1.54) is 0 Å². The van der Waals surface area contributed by atoms with Crippen LogP contribution in [-0.2, 0) is 0 Å². The number of hydrogen-bond acceptors (Lipinski definition) is 3. The molecule has 0 spiro atoms. The Balaban J connectivity index is 2.38. The van der Waals surface area contributed by atoms with Gasteiger partial charge >= 0.3 is 0 Å². The van der Waals surface area contributed by atoms with Crippen LogP contribution in [0.3, 0.4) is 0 Å². The van der Waals surface area contributed by atoms with E-state index in [2.05, 4.69) is 4.98 Å². The van der Waals surface area contributed by atoms with Crippen molar-refractivity contribution in [3.8, 4) is 17.0 Å². The molecule has 3 nitrogen and oxygen atoms in total. The quantitative estimate of drug-likeness (QED) is 0.782. The summed E-state index contributed by atoms with van der Waals surface area (Å²) >= 11 is 5.96. The highest BCUT2D eigenvalue weighted by atomic mass is 35.5. The van der Waals surface area contributed by atoms with Crippen LogP contribution in [0.4, 0.5) is 0 Å². The molecular formula is C13H10ClNO2. The van der Waals surface area contributed by atoms with Gasteiger partial charge in [0.1, 0.15) is 0 Å². The molecule has 86 valence electrons. The SMILES string of the molecule is COc1ccc(-c2ccc(C=O)c(Cl)c2)cn1. The summed E-state index contributed by atoms with van der Waals surface area (Å²) in [6, 6.07) is 8.93. The lowest BCUT2D eigenvalue weighted by molar-refractivity contribution is 0.112. The van der Waals surface area contributed by atoms with Crippen LogP contribution in [0.2, 0.25) is 5.02 Å². The van der Waals surface area contributed by atoms with Gasteiger partial charge < -0.3 is 4.74 Å². The number of hydrogen-bond donors (Lipinski definition) is 0. The highest BCUT2D eigenvalue weighted by molar-refractivity contribution is 6.33. The van der Waals surface area contributed by atoms with Gasteiger partial charge in [-0.2, -0.15) is 0 Å². The van der Waals surface area contributed by atoms with E-state index in [0.29, 0.717) is 16.5 Å². The molecule has 0 unspecified atom stereocenters. The number of carbonyl (C=O) groups excluding carboxylic acids is 1. The molecule has 0 radical (unpaired) electrons. The van der Waals surface area contributed by atoms with Gasteiger partial charge in [-0.05, 0) is 23.8 Å². The second-order valence-electron chi connectivity index (χ2n) is 3.44. The molecule has 0 atom stereocenters. The summed E-state index contributed by atoms with van der Waals surface area (Å²) in [5, 5.41) is 0.438. The fourth-order valence-corrected chi connectivity index (χ4v) is 1.70. The number of carbonyl (C=O) groups is 1. The molecule has 1 heterocycles. The summed E-state index contributed by atoms with van der Waals surface area (Å²) in [6.07, 6.45) is 2.43. The zero-order valence-electron chi connectivity index (χ0n) is 9.18. The molecule has 0 saturated heterocycles. The van der Waals surface area contributed by atoms with Crippen molar-refractivity contribution in [1.29, 1.82) is 0 Å². The topological polar surface area (TPSA) is 39.2 Å². The molecule has 17 heavy (non-hydrogen) atoms. The molecule has 0 N–H and O–H groups in total. The first-order valence-electron chi connectivity index (χ1n) is 4.99. The van der Waals surface area contributed by atoms with E-state index < -0.39 is 0 Å². The van der Waals surface area contributed by atoms with Gasteiger partial charge in [0.05, 0.1) is 12.1 Å². The molecule has 0 aliphatic heterocycles. The Labute approximate surface area is 104 Å². The summed E-state index contributed by atoms with van der Waals surface area (Å²) < 4.78 is 4.98. The maximum absolute atomic E-state index is 10.6. The third-order valence-electron chi connectivity index (χ3n) is 2.41.